The van der Waals surface area contributed by atoms with Gasteiger partial charge in [0.15, 0.2) is 5.69 Å². The highest BCUT2D eigenvalue weighted by molar-refractivity contribution is 5.92. The number of piperazine rings is 1. The first-order valence-electron chi connectivity index (χ1n) is 6.57. The maximum Gasteiger partial charge on any atom is 0.409 e. The Hall–Kier alpha value is -2.19. The molecular formula is C12H16F2N4O3. The smallest absolute Gasteiger partial charge is 0.409 e. The minimum atomic E-state index is -2.77. The normalized spacial score (nSPS) is 15.4. The van der Waals surface area contributed by atoms with Crippen molar-refractivity contribution in [1.82, 2.24) is 19.6 Å². The van der Waals surface area contributed by atoms with Gasteiger partial charge >= 0.3 is 12.6 Å². The van der Waals surface area contributed by atoms with Crippen molar-refractivity contribution in [2.75, 3.05) is 32.8 Å². The van der Waals surface area contributed by atoms with Crippen LogP contribution in [0.25, 0.3) is 0 Å². The second kappa shape index (κ2) is 6.51. The number of carbonyl (C=O) groups excluding carboxylic acids is 2. The number of hydrogen-bond acceptors (Lipinski definition) is 4. The number of carbonyl (C=O) groups is 2. The second-order valence-corrected chi connectivity index (χ2v) is 4.44. The maximum atomic E-state index is 12.4. The van der Waals surface area contributed by atoms with Crippen molar-refractivity contribution in [3.05, 3.63) is 18.0 Å². The van der Waals surface area contributed by atoms with E-state index in [-0.39, 0.29) is 5.69 Å². The van der Waals surface area contributed by atoms with Crippen LogP contribution >= 0.6 is 0 Å². The maximum absolute atomic E-state index is 12.4. The molecule has 0 unspecified atom stereocenters. The predicted molar refractivity (Wildman–Crippen MR) is 68.0 cm³/mol. The van der Waals surface area contributed by atoms with E-state index in [0.29, 0.717) is 37.5 Å². The standard InChI is InChI=1S/C12H16F2N4O3/c1-2-21-12(20)17-7-5-16(6-8-17)10(19)9-3-4-18(15-9)11(13)14/h3-4,11H,2,5-8H2,1H3. The summed E-state index contributed by atoms with van der Waals surface area (Å²) in [4.78, 5) is 26.6. The van der Waals surface area contributed by atoms with E-state index >= 15 is 0 Å². The molecule has 2 amide bonds. The van der Waals surface area contributed by atoms with Gasteiger partial charge in [0.05, 0.1) is 6.61 Å². The summed E-state index contributed by atoms with van der Waals surface area (Å²) in [7, 11) is 0. The molecule has 0 bridgehead atoms. The van der Waals surface area contributed by atoms with Gasteiger partial charge in [0.25, 0.3) is 5.91 Å². The second-order valence-electron chi connectivity index (χ2n) is 4.44. The van der Waals surface area contributed by atoms with Crippen molar-refractivity contribution in [1.29, 1.82) is 0 Å². The molecule has 1 aliphatic rings. The van der Waals surface area contributed by atoms with E-state index in [1.54, 1.807) is 6.92 Å². The van der Waals surface area contributed by atoms with Gasteiger partial charge in [-0.2, -0.15) is 13.9 Å². The number of alkyl halides is 2. The van der Waals surface area contributed by atoms with Gasteiger partial charge in [-0.1, -0.05) is 0 Å². The summed E-state index contributed by atoms with van der Waals surface area (Å²) < 4.78 is 30.1. The number of hydrogen-bond donors (Lipinski definition) is 0. The van der Waals surface area contributed by atoms with Crippen molar-refractivity contribution < 1.29 is 23.1 Å². The highest BCUT2D eigenvalue weighted by Crippen LogP contribution is 2.12. The first-order valence-corrected chi connectivity index (χ1v) is 6.57. The molecule has 1 saturated heterocycles. The Labute approximate surface area is 120 Å². The summed E-state index contributed by atoms with van der Waals surface area (Å²) in [6, 6.07) is 1.26. The highest BCUT2D eigenvalue weighted by Gasteiger charge is 2.26. The average molecular weight is 302 g/mol. The summed E-state index contributed by atoms with van der Waals surface area (Å²) in [5, 5.41) is 3.54. The van der Waals surface area contributed by atoms with E-state index in [4.69, 9.17) is 4.74 Å². The molecule has 0 spiro atoms. The van der Waals surface area contributed by atoms with Crippen molar-refractivity contribution in [2.24, 2.45) is 0 Å². The number of nitrogens with zero attached hydrogens (tertiary/aromatic N) is 4. The first-order chi connectivity index (χ1) is 10.0. The molecule has 0 radical (unpaired) electrons. The van der Waals surface area contributed by atoms with Gasteiger partial charge in [-0.15, -0.1) is 0 Å². The first kappa shape index (κ1) is 15.2. The Balaban J connectivity index is 1.92. The van der Waals surface area contributed by atoms with E-state index in [0.717, 1.165) is 6.20 Å². The predicted octanol–water partition coefficient (Wildman–Crippen LogP) is 1.19. The molecule has 1 aromatic rings. The Morgan fingerprint density at radius 3 is 2.43 bits per heavy atom. The molecule has 1 fully saturated rings. The fraction of sp³-hybridized carbons (Fsp3) is 0.583. The number of amides is 2. The lowest BCUT2D eigenvalue weighted by molar-refractivity contribution is 0.0515. The molecule has 7 nitrogen and oxygen atoms in total. The molecule has 9 heteroatoms. The zero-order valence-corrected chi connectivity index (χ0v) is 11.5. The number of aromatic nitrogens is 2. The summed E-state index contributed by atoms with van der Waals surface area (Å²) in [5.41, 5.74) is -0.0279. The van der Waals surface area contributed by atoms with E-state index in [9.17, 15) is 18.4 Å². The Morgan fingerprint density at radius 2 is 1.90 bits per heavy atom. The van der Waals surface area contributed by atoms with Crippen molar-refractivity contribution >= 4 is 12.0 Å². The quantitative estimate of drug-likeness (QED) is 0.841. The van der Waals surface area contributed by atoms with Gasteiger partial charge in [0, 0.05) is 32.4 Å². The molecule has 116 valence electrons. The minimum absolute atomic E-state index is 0.0279. The number of halogens is 2. The number of rotatable bonds is 3. The molecule has 0 atom stereocenters. The van der Waals surface area contributed by atoms with E-state index in [1.165, 1.54) is 15.9 Å². The van der Waals surface area contributed by atoms with Crippen LogP contribution in [0.3, 0.4) is 0 Å². The Bertz CT molecular complexity index is 512. The van der Waals surface area contributed by atoms with E-state index < -0.39 is 18.5 Å². The van der Waals surface area contributed by atoms with Crippen LogP contribution in [0, 0.1) is 0 Å². The zero-order chi connectivity index (χ0) is 15.4. The average Bonchev–Trinajstić information content (AvgIpc) is 2.97. The van der Waals surface area contributed by atoms with Crippen molar-refractivity contribution in [3.8, 4) is 0 Å². The highest BCUT2D eigenvalue weighted by atomic mass is 19.3. The van der Waals surface area contributed by atoms with Crippen LogP contribution in [0.15, 0.2) is 12.3 Å². The fourth-order valence-corrected chi connectivity index (χ4v) is 2.03. The molecule has 2 heterocycles. The van der Waals surface area contributed by atoms with Crippen LogP contribution in [-0.2, 0) is 4.74 Å². The van der Waals surface area contributed by atoms with Gasteiger partial charge in [-0.05, 0) is 13.0 Å². The molecule has 0 aromatic carbocycles. The molecular weight excluding hydrogens is 286 g/mol. The third kappa shape index (κ3) is 3.47. The van der Waals surface area contributed by atoms with Crippen LogP contribution in [0.2, 0.25) is 0 Å². The third-order valence-corrected chi connectivity index (χ3v) is 3.12. The lowest BCUT2D eigenvalue weighted by Crippen LogP contribution is -2.50. The van der Waals surface area contributed by atoms with E-state index in [2.05, 4.69) is 5.10 Å². The summed E-state index contributed by atoms with van der Waals surface area (Å²) in [6.45, 7) is 0.575. The molecule has 2 rings (SSSR count). The van der Waals surface area contributed by atoms with Gasteiger partial charge in [-0.25, -0.2) is 9.48 Å². The summed E-state index contributed by atoms with van der Waals surface area (Å²) in [6.07, 6.45) is 0.652. The van der Waals surface area contributed by atoms with Crippen LogP contribution in [0.1, 0.15) is 24.0 Å². The number of ether oxygens (including phenoxy) is 1. The van der Waals surface area contributed by atoms with Gasteiger partial charge < -0.3 is 14.5 Å². The lowest BCUT2D eigenvalue weighted by Gasteiger charge is -2.33. The molecule has 0 aliphatic carbocycles. The SMILES string of the molecule is CCOC(=O)N1CCN(C(=O)c2ccn(C(F)F)n2)CC1. The molecule has 21 heavy (non-hydrogen) atoms. The fourth-order valence-electron chi connectivity index (χ4n) is 2.03. The molecule has 1 aromatic heterocycles. The van der Waals surface area contributed by atoms with Crippen molar-refractivity contribution in [2.45, 2.75) is 13.5 Å². The topological polar surface area (TPSA) is 67.7 Å². The largest absolute Gasteiger partial charge is 0.450 e. The zero-order valence-electron chi connectivity index (χ0n) is 11.5. The Morgan fingerprint density at radius 1 is 1.29 bits per heavy atom. The van der Waals surface area contributed by atoms with Crippen LogP contribution < -0.4 is 0 Å². The summed E-state index contributed by atoms with van der Waals surface area (Å²) in [5.74, 6) is -0.419. The molecule has 0 N–H and O–H groups in total. The van der Waals surface area contributed by atoms with Gasteiger partial charge in [0.1, 0.15) is 0 Å². The van der Waals surface area contributed by atoms with Crippen molar-refractivity contribution in [3.63, 3.8) is 0 Å². The van der Waals surface area contributed by atoms with E-state index in [1.807, 2.05) is 0 Å². The third-order valence-electron chi connectivity index (χ3n) is 3.12. The van der Waals surface area contributed by atoms with Crippen LogP contribution in [-0.4, -0.2) is 64.4 Å². The van der Waals surface area contributed by atoms with Crippen LogP contribution in [0.4, 0.5) is 13.6 Å². The minimum Gasteiger partial charge on any atom is -0.450 e. The molecule has 1 aliphatic heterocycles. The van der Waals surface area contributed by atoms with Crippen LogP contribution in [0.5, 0.6) is 0 Å². The lowest BCUT2D eigenvalue weighted by atomic mass is 10.3. The Kier molecular flexibility index (Phi) is 4.71. The summed E-state index contributed by atoms with van der Waals surface area (Å²) >= 11 is 0. The molecule has 0 saturated carbocycles. The van der Waals surface area contributed by atoms with Gasteiger partial charge in [0.2, 0.25) is 0 Å². The van der Waals surface area contributed by atoms with Gasteiger partial charge in [-0.3, -0.25) is 4.79 Å². The monoisotopic (exact) mass is 302 g/mol.